The quantitative estimate of drug-likeness (QED) is 0.906. The van der Waals surface area contributed by atoms with Gasteiger partial charge >= 0.3 is 0 Å². The number of aromatic nitrogens is 2. The second-order valence-corrected chi connectivity index (χ2v) is 4.18. The lowest BCUT2D eigenvalue weighted by molar-refractivity contribution is 0.294. The molecule has 5 nitrogen and oxygen atoms in total. The van der Waals surface area contributed by atoms with Crippen LogP contribution in [0.15, 0.2) is 24.4 Å². The molecular weight excluding hydrogens is 240 g/mol. The SMILES string of the molecule is Cc1cccc(OCc2ncc(C#N)c(N)n2)c1C. The summed E-state index contributed by atoms with van der Waals surface area (Å²) in [5.74, 6) is 1.43. The second kappa shape index (κ2) is 5.36. The van der Waals surface area contributed by atoms with Crippen LogP contribution >= 0.6 is 0 Å². The van der Waals surface area contributed by atoms with Gasteiger partial charge in [0.1, 0.15) is 29.8 Å². The zero-order valence-electron chi connectivity index (χ0n) is 10.8. The van der Waals surface area contributed by atoms with Crippen LogP contribution in [0, 0.1) is 25.2 Å². The van der Waals surface area contributed by atoms with Crippen molar-refractivity contribution in [1.82, 2.24) is 9.97 Å². The molecule has 1 aromatic carbocycles. The molecule has 0 aliphatic rings. The summed E-state index contributed by atoms with van der Waals surface area (Å²) in [5, 5.41) is 8.74. The number of nitrogens with two attached hydrogens (primary N) is 1. The minimum Gasteiger partial charge on any atom is -0.485 e. The van der Waals surface area contributed by atoms with Crippen molar-refractivity contribution in [3.63, 3.8) is 0 Å². The maximum Gasteiger partial charge on any atom is 0.168 e. The summed E-state index contributed by atoms with van der Waals surface area (Å²) < 4.78 is 5.67. The molecule has 96 valence electrons. The zero-order chi connectivity index (χ0) is 13.8. The van der Waals surface area contributed by atoms with Gasteiger partial charge in [0, 0.05) is 0 Å². The average Bonchev–Trinajstić information content (AvgIpc) is 2.40. The first-order valence-corrected chi connectivity index (χ1v) is 5.82. The molecule has 0 aliphatic heterocycles. The fraction of sp³-hybridized carbons (Fsp3) is 0.214. The van der Waals surface area contributed by atoms with Gasteiger partial charge in [0.15, 0.2) is 5.82 Å². The van der Waals surface area contributed by atoms with E-state index < -0.39 is 0 Å². The molecule has 0 saturated carbocycles. The Hall–Kier alpha value is -2.61. The Labute approximate surface area is 111 Å². The first kappa shape index (κ1) is 12.8. The second-order valence-electron chi connectivity index (χ2n) is 4.18. The molecule has 0 amide bonds. The van der Waals surface area contributed by atoms with Gasteiger partial charge in [0.25, 0.3) is 0 Å². The molecule has 2 rings (SSSR count). The van der Waals surface area contributed by atoms with E-state index in [0.29, 0.717) is 5.82 Å². The van der Waals surface area contributed by atoms with Gasteiger partial charge in [-0.25, -0.2) is 9.97 Å². The van der Waals surface area contributed by atoms with Crippen molar-refractivity contribution in [1.29, 1.82) is 5.26 Å². The van der Waals surface area contributed by atoms with Crippen LogP contribution in [0.5, 0.6) is 5.75 Å². The van der Waals surface area contributed by atoms with Crippen LogP contribution < -0.4 is 10.5 Å². The van der Waals surface area contributed by atoms with Gasteiger partial charge in [-0.05, 0) is 31.0 Å². The molecule has 2 N–H and O–H groups in total. The van der Waals surface area contributed by atoms with E-state index >= 15 is 0 Å². The standard InChI is InChI=1S/C14H14N4O/c1-9-4-3-5-12(10(9)2)19-8-13-17-7-11(6-15)14(16)18-13/h3-5,7H,8H2,1-2H3,(H2,16,17,18). The number of aryl methyl sites for hydroxylation is 1. The Morgan fingerprint density at radius 1 is 1.37 bits per heavy atom. The Bertz CT molecular complexity index is 646. The van der Waals surface area contributed by atoms with Gasteiger partial charge in [0.2, 0.25) is 0 Å². The molecule has 2 aromatic rings. The normalized spacial score (nSPS) is 9.95. The number of nitrogens with zero attached hydrogens (tertiary/aromatic N) is 3. The van der Waals surface area contributed by atoms with Crippen LogP contribution in [-0.2, 0) is 6.61 Å². The maximum atomic E-state index is 8.74. The Balaban J connectivity index is 2.13. The van der Waals surface area contributed by atoms with Crippen molar-refractivity contribution in [2.75, 3.05) is 5.73 Å². The van der Waals surface area contributed by atoms with Crippen molar-refractivity contribution in [3.8, 4) is 11.8 Å². The van der Waals surface area contributed by atoms with Crippen molar-refractivity contribution in [3.05, 3.63) is 46.9 Å². The molecule has 1 aromatic heterocycles. The van der Waals surface area contributed by atoms with Crippen molar-refractivity contribution >= 4 is 5.82 Å². The first-order chi connectivity index (χ1) is 9.11. The predicted octanol–water partition coefficient (Wildman–Crippen LogP) is 2.13. The molecule has 0 fully saturated rings. The molecular formula is C14H14N4O. The monoisotopic (exact) mass is 254 g/mol. The summed E-state index contributed by atoms with van der Waals surface area (Å²) in [6.45, 7) is 4.25. The predicted molar refractivity (Wildman–Crippen MR) is 71.4 cm³/mol. The van der Waals surface area contributed by atoms with Crippen LogP contribution in [0.4, 0.5) is 5.82 Å². The number of hydrogen-bond donors (Lipinski definition) is 1. The number of nitriles is 1. The highest BCUT2D eigenvalue weighted by Gasteiger charge is 2.06. The fourth-order valence-electron chi connectivity index (χ4n) is 1.61. The maximum absolute atomic E-state index is 8.74. The zero-order valence-corrected chi connectivity index (χ0v) is 10.8. The number of hydrogen-bond acceptors (Lipinski definition) is 5. The number of benzene rings is 1. The molecule has 0 spiro atoms. The highest BCUT2D eigenvalue weighted by molar-refractivity contribution is 5.46. The highest BCUT2D eigenvalue weighted by Crippen LogP contribution is 2.21. The summed E-state index contributed by atoms with van der Waals surface area (Å²) in [6.07, 6.45) is 1.41. The van der Waals surface area contributed by atoms with E-state index in [1.54, 1.807) is 0 Å². The molecule has 19 heavy (non-hydrogen) atoms. The number of nitrogen functional groups attached to an aromatic ring is 1. The van der Waals surface area contributed by atoms with Crippen molar-refractivity contribution < 1.29 is 4.74 Å². The van der Waals surface area contributed by atoms with Gasteiger partial charge < -0.3 is 10.5 Å². The third kappa shape index (κ3) is 2.80. The Kier molecular flexibility index (Phi) is 3.62. The van der Waals surface area contributed by atoms with E-state index in [1.165, 1.54) is 6.20 Å². The van der Waals surface area contributed by atoms with E-state index in [2.05, 4.69) is 9.97 Å². The topological polar surface area (TPSA) is 84.8 Å². The van der Waals surface area contributed by atoms with Crippen LogP contribution in [0.2, 0.25) is 0 Å². The third-order valence-corrected chi connectivity index (χ3v) is 2.90. The first-order valence-electron chi connectivity index (χ1n) is 5.82. The summed E-state index contributed by atoms with van der Waals surface area (Å²) in [5.41, 5.74) is 8.15. The van der Waals surface area contributed by atoms with Crippen LogP contribution in [0.25, 0.3) is 0 Å². The van der Waals surface area contributed by atoms with E-state index in [4.69, 9.17) is 15.7 Å². The number of ether oxygens (including phenoxy) is 1. The lowest BCUT2D eigenvalue weighted by atomic mass is 10.1. The van der Waals surface area contributed by atoms with Crippen LogP contribution in [-0.4, -0.2) is 9.97 Å². The van der Waals surface area contributed by atoms with Gasteiger partial charge in [-0.2, -0.15) is 5.26 Å². The van der Waals surface area contributed by atoms with Gasteiger partial charge in [-0.3, -0.25) is 0 Å². The van der Waals surface area contributed by atoms with Gasteiger partial charge in [-0.1, -0.05) is 12.1 Å². The lowest BCUT2D eigenvalue weighted by Gasteiger charge is -2.10. The Morgan fingerprint density at radius 2 is 2.16 bits per heavy atom. The number of rotatable bonds is 3. The summed E-state index contributed by atoms with van der Waals surface area (Å²) in [6, 6.07) is 7.78. The molecule has 1 heterocycles. The highest BCUT2D eigenvalue weighted by atomic mass is 16.5. The molecule has 0 bridgehead atoms. The summed E-state index contributed by atoms with van der Waals surface area (Å²) in [7, 11) is 0. The van der Waals surface area contributed by atoms with E-state index in [-0.39, 0.29) is 18.0 Å². The summed E-state index contributed by atoms with van der Waals surface area (Å²) >= 11 is 0. The third-order valence-electron chi connectivity index (χ3n) is 2.90. The molecule has 5 heteroatoms. The van der Waals surface area contributed by atoms with Crippen molar-refractivity contribution in [2.45, 2.75) is 20.5 Å². The lowest BCUT2D eigenvalue weighted by Crippen LogP contribution is -2.06. The molecule has 0 saturated heterocycles. The minimum absolute atomic E-state index is 0.178. The smallest absolute Gasteiger partial charge is 0.168 e. The fourth-order valence-corrected chi connectivity index (χ4v) is 1.61. The minimum atomic E-state index is 0.178. The molecule has 0 aliphatic carbocycles. The van der Waals surface area contributed by atoms with Crippen molar-refractivity contribution in [2.24, 2.45) is 0 Å². The van der Waals surface area contributed by atoms with Gasteiger partial charge in [-0.15, -0.1) is 0 Å². The average molecular weight is 254 g/mol. The molecule has 0 atom stereocenters. The molecule has 0 unspecified atom stereocenters. The van der Waals surface area contributed by atoms with Crippen LogP contribution in [0.1, 0.15) is 22.5 Å². The van der Waals surface area contributed by atoms with Gasteiger partial charge in [0.05, 0.1) is 6.20 Å². The van der Waals surface area contributed by atoms with E-state index in [0.717, 1.165) is 16.9 Å². The summed E-state index contributed by atoms with van der Waals surface area (Å²) in [4.78, 5) is 8.07. The van der Waals surface area contributed by atoms with E-state index in [9.17, 15) is 0 Å². The number of anilines is 1. The molecule has 0 radical (unpaired) electrons. The van der Waals surface area contributed by atoms with Crippen LogP contribution in [0.3, 0.4) is 0 Å². The Morgan fingerprint density at radius 3 is 2.84 bits per heavy atom. The largest absolute Gasteiger partial charge is 0.485 e. The van der Waals surface area contributed by atoms with E-state index in [1.807, 2.05) is 38.1 Å².